The van der Waals surface area contributed by atoms with Gasteiger partial charge in [0, 0.05) is 24.7 Å². The zero-order valence-corrected chi connectivity index (χ0v) is 12.3. The molecule has 4 nitrogen and oxygen atoms in total. The van der Waals surface area contributed by atoms with Gasteiger partial charge in [0.05, 0.1) is 0 Å². The molecule has 2 rings (SSSR count). The van der Waals surface area contributed by atoms with Gasteiger partial charge in [-0.25, -0.2) is 9.97 Å². The van der Waals surface area contributed by atoms with Gasteiger partial charge in [-0.2, -0.15) is 0 Å². The Morgan fingerprint density at radius 3 is 2.74 bits per heavy atom. The summed E-state index contributed by atoms with van der Waals surface area (Å²) >= 11 is 0. The third-order valence-corrected chi connectivity index (χ3v) is 3.17. The first-order valence-corrected chi connectivity index (χ1v) is 7.14. The summed E-state index contributed by atoms with van der Waals surface area (Å²) in [5.74, 6) is 1.15. The lowest BCUT2D eigenvalue weighted by Crippen LogP contribution is -2.24. The molecule has 104 valence electrons. The molecule has 0 aliphatic rings. The van der Waals surface area contributed by atoms with Crippen LogP contribution >= 0.6 is 0 Å². The number of fused-ring (bicyclic) bond motifs is 1. The zero-order chi connectivity index (χ0) is 13.8. The van der Waals surface area contributed by atoms with Crippen LogP contribution in [0.3, 0.4) is 0 Å². The first kappa shape index (κ1) is 14.0. The number of aryl methyl sites for hydroxylation is 1. The molecule has 0 saturated heterocycles. The molecular formula is C15H24N4. The molecule has 2 aromatic heterocycles. The molecule has 0 unspecified atom stereocenters. The topological polar surface area (TPSA) is 42.7 Å². The van der Waals surface area contributed by atoms with Crippen molar-refractivity contribution in [2.45, 2.75) is 52.6 Å². The van der Waals surface area contributed by atoms with Crippen LogP contribution in [0.1, 0.15) is 46.0 Å². The number of nitrogens with one attached hydrogen (secondary N) is 1. The summed E-state index contributed by atoms with van der Waals surface area (Å²) in [6.07, 6.45) is 3.94. The Hall–Kier alpha value is -1.42. The van der Waals surface area contributed by atoms with Gasteiger partial charge in [-0.05, 0) is 38.9 Å². The predicted octanol–water partition coefficient (Wildman–Crippen LogP) is 2.94. The van der Waals surface area contributed by atoms with Crippen molar-refractivity contribution in [3.63, 3.8) is 0 Å². The summed E-state index contributed by atoms with van der Waals surface area (Å²) in [6.45, 7) is 9.75. The second-order valence-corrected chi connectivity index (χ2v) is 5.55. The van der Waals surface area contributed by atoms with Gasteiger partial charge in [0.25, 0.3) is 0 Å². The minimum Gasteiger partial charge on any atom is -0.315 e. The van der Waals surface area contributed by atoms with Gasteiger partial charge in [0.15, 0.2) is 5.65 Å². The van der Waals surface area contributed by atoms with Crippen molar-refractivity contribution < 1.29 is 0 Å². The molecule has 0 amide bonds. The van der Waals surface area contributed by atoms with E-state index in [1.807, 2.05) is 18.3 Å². The number of hydrogen-bond donors (Lipinski definition) is 1. The van der Waals surface area contributed by atoms with Crippen LogP contribution in [0.5, 0.6) is 0 Å². The Bertz CT molecular complexity index is 528. The van der Waals surface area contributed by atoms with Gasteiger partial charge in [-0.15, -0.1) is 0 Å². The van der Waals surface area contributed by atoms with E-state index in [-0.39, 0.29) is 0 Å². The van der Waals surface area contributed by atoms with E-state index in [2.05, 4.69) is 42.6 Å². The molecule has 1 N–H and O–H groups in total. The Morgan fingerprint density at radius 2 is 2.05 bits per heavy atom. The maximum absolute atomic E-state index is 4.72. The van der Waals surface area contributed by atoms with E-state index in [4.69, 9.17) is 4.98 Å². The standard InChI is InChI=1S/C15H24N4/c1-11(2)16-9-6-8-14-18-13-7-5-10-17-15(13)19(14)12(3)4/h5,7,10-12,16H,6,8-9H2,1-4H3. The van der Waals surface area contributed by atoms with Crippen LogP contribution in [0.25, 0.3) is 11.2 Å². The summed E-state index contributed by atoms with van der Waals surface area (Å²) in [4.78, 5) is 9.19. The molecule has 0 aliphatic carbocycles. The van der Waals surface area contributed by atoms with Crippen LogP contribution < -0.4 is 5.32 Å². The number of hydrogen-bond acceptors (Lipinski definition) is 3. The molecule has 0 aliphatic heterocycles. The Labute approximate surface area is 115 Å². The van der Waals surface area contributed by atoms with Gasteiger partial charge in [-0.3, -0.25) is 0 Å². The highest BCUT2D eigenvalue weighted by molar-refractivity contribution is 5.71. The lowest BCUT2D eigenvalue weighted by atomic mass is 10.2. The van der Waals surface area contributed by atoms with Crippen LogP contribution in [0.15, 0.2) is 18.3 Å². The predicted molar refractivity (Wildman–Crippen MR) is 79.4 cm³/mol. The Morgan fingerprint density at radius 1 is 1.26 bits per heavy atom. The fourth-order valence-electron chi connectivity index (χ4n) is 2.33. The average Bonchev–Trinajstić information content (AvgIpc) is 2.72. The summed E-state index contributed by atoms with van der Waals surface area (Å²) in [5, 5.41) is 3.45. The molecular weight excluding hydrogens is 236 g/mol. The SMILES string of the molecule is CC(C)NCCCc1nc2cccnc2n1C(C)C. The minimum absolute atomic E-state index is 0.396. The summed E-state index contributed by atoms with van der Waals surface area (Å²) in [6, 6.07) is 4.93. The highest BCUT2D eigenvalue weighted by Crippen LogP contribution is 2.19. The monoisotopic (exact) mass is 260 g/mol. The van der Waals surface area contributed by atoms with Crippen LogP contribution in [-0.2, 0) is 6.42 Å². The maximum atomic E-state index is 4.72. The van der Waals surface area contributed by atoms with Gasteiger partial charge in [0.2, 0.25) is 0 Å². The molecule has 0 fully saturated rings. The first-order valence-electron chi connectivity index (χ1n) is 7.14. The third-order valence-electron chi connectivity index (χ3n) is 3.17. The molecule has 0 radical (unpaired) electrons. The number of aromatic nitrogens is 3. The number of pyridine rings is 1. The van der Waals surface area contributed by atoms with E-state index in [1.165, 1.54) is 0 Å². The van der Waals surface area contributed by atoms with Gasteiger partial charge in [-0.1, -0.05) is 13.8 Å². The highest BCUT2D eigenvalue weighted by Gasteiger charge is 2.13. The summed E-state index contributed by atoms with van der Waals surface area (Å²) in [7, 11) is 0. The van der Waals surface area contributed by atoms with Crippen molar-refractivity contribution in [3.05, 3.63) is 24.2 Å². The minimum atomic E-state index is 0.396. The van der Waals surface area contributed by atoms with E-state index in [9.17, 15) is 0 Å². The van der Waals surface area contributed by atoms with Gasteiger partial charge < -0.3 is 9.88 Å². The lowest BCUT2D eigenvalue weighted by Gasteiger charge is -2.13. The van der Waals surface area contributed by atoms with Gasteiger partial charge in [0.1, 0.15) is 11.3 Å². The molecule has 2 aromatic rings. The van der Waals surface area contributed by atoms with Crippen LogP contribution in [0.2, 0.25) is 0 Å². The Balaban J connectivity index is 2.15. The van der Waals surface area contributed by atoms with Crippen LogP contribution in [0, 0.1) is 0 Å². The molecule has 4 heteroatoms. The van der Waals surface area contributed by atoms with Crippen molar-refractivity contribution in [1.29, 1.82) is 0 Å². The largest absolute Gasteiger partial charge is 0.315 e. The zero-order valence-electron chi connectivity index (χ0n) is 12.3. The van der Waals surface area contributed by atoms with E-state index in [0.29, 0.717) is 12.1 Å². The number of imidazole rings is 1. The normalized spacial score (nSPS) is 11.9. The second kappa shape index (κ2) is 6.15. The van der Waals surface area contributed by atoms with Crippen molar-refractivity contribution in [2.24, 2.45) is 0 Å². The number of nitrogens with zero attached hydrogens (tertiary/aromatic N) is 3. The van der Waals surface area contributed by atoms with Crippen molar-refractivity contribution >= 4 is 11.2 Å². The van der Waals surface area contributed by atoms with Crippen LogP contribution in [0.4, 0.5) is 0 Å². The van der Waals surface area contributed by atoms with Crippen molar-refractivity contribution in [3.8, 4) is 0 Å². The summed E-state index contributed by atoms with van der Waals surface area (Å²) in [5.41, 5.74) is 2.01. The highest BCUT2D eigenvalue weighted by atomic mass is 15.1. The molecule has 2 heterocycles. The molecule has 0 atom stereocenters. The summed E-state index contributed by atoms with van der Waals surface area (Å²) < 4.78 is 2.25. The van der Waals surface area contributed by atoms with Crippen molar-refractivity contribution in [1.82, 2.24) is 19.9 Å². The molecule has 19 heavy (non-hydrogen) atoms. The average molecular weight is 260 g/mol. The van der Waals surface area contributed by atoms with Crippen LogP contribution in [-0.4, -0.2) is 27.1 Å². The molecule has 0 saturated carbocycles. The van der Waals surface area contributed by atoms with E-state index in [1.54, 1.807) is 0 Å². The lowest BCUT2D eigenvalue weighted by molar-refractivity contribution is 0.540. The fraction of sp³-hybridized carbons (Fsp3) is 0.600. The fourth-order valence-corrected chi connectivity index (χ4v) is 2.33. The van der Waals surface area contributed by atoms with E-state index in [0.717, 1.165) is 36.4 Å². The van der Waals surface area contributed by atoms with E-state index >= 15 is 0 Å². The Kier molecular flexibility index (Phi) is 4.53. The van der Waals surface area contributed by atoms with Gasteiger partial charge >= 0.3 is 0 Å². The molecule has 0 spiro atoms. The molecule has 0 aromatic carbocycles. The van der Waals surface area contributed by atoms with Crippen molar-refractivity contribution in [2.75, 3.05) is 6.54 Å². The molecule has 0 bridgehead atoms. The second-order valence-electron chi connectivity index (χ2n) is 5.55. The first-order chi connectivity index (χ1) is 9.09. The quantitative estimate of drug-likeness (QED) is 0.812. The van der Waals surface area contributed by atoms with E-state index < -0.39 is 0 Å². The third kappa shape index (κ3) is 3.32. The maximum Gasteiger partial charge on any atom is 0.160 e. The number of rotatable bonds is 6. The smallest absolute Gasteiger partial charge is 0.160 e.